The van der Waals surface area contributed by atoms with Crippen LogP contribution in [-0.2, 0) is 4.79 Å². The summed E-state index contributed by atoms with van der Waals surface area (Å²) in [5, 5.41) is 2.32. The minimum absolute atomic E-state index is 0.00121. The first-order chi connectivity index (χ1) is 9.85. The number of aromatic nitrogens is 1. The molecule has 0 aromatic carbocycles. The Kier molecular flexibility index (Phi) is 3.12. The van der Waals surface area contributed by atoms with E-state index in [9.17, 15) is 18.0 Å². The number of rotatable bonds is 2. The minimum Gasteiger partial charge on any atom is -0.330 e. The topological polar surface area (TPSA) is 57.6 Å². The van der Waals surface area contributed by atoms with Crippen molar-refractivity contribution in [1.82, 2.24) is 9.88 Å². The molecule has 2 aliphatic rings. The van der Waals surface area contributed by atoms with E-state index in [-0.39, 0.29) is 17.5 Å². The van der Waals surface area contributed by atoms with Gasteiger partial charge in [0.1, 0.15) is 5.82 Å². The quantitative estimate of drug-likeness (QED) is 0.907. The van der Waals surface area contributed by atoms with Gasteiger partial charge in [-0.3, -0.25) is 9.69 Å². The van der Waals surface area contributed by atoms with Crippen LogP contribution in [0.15, 0.2) is 23.3 Å². The fraction of sp³-hybridized carbons (Fsp3) is 0.417. The van der Waals surface area contributed by atoms with Crippen LogP contribution in [0.5, 0.6) is 0 Å². The molecule has 2 aliphatic heterocycles. The molecule has 21 heavy (non-hydrogen) atoms. The monoisotopic (exact) mass is 316 g/mol. The van der Waals surface area contributed by atoms with Crippen LogP contribution in [-0.4, -0.2) is 45.1 Å². The van der Waals surface area contributed by atoms with E-state index in [2.05, 4.69) is 15.3 Å². The van der Waals surface area contributed by atoms with Gasteiger partial charge in [0.2, 0.25) is 0 Å². The first-order valence-electron chi connectivity index (χ1n) is 6.16. The van der Waals surface area contributed by atoms with Crippen LogP contribution in [0.1, 0.15) is 5.56 Å². The Bertz CT molecular complexity index is 633. The number of hydrogen-bond donors (Lipinski definition) is 1. The van der Waals surface area contributed by atoms with Crippen LogP contribution in [0.3, 0.4) is 0 Å². The molecule has 1 amide bonds. The maximum absolute atomic E-state index is 13.5. The summed E-state index contributed by atoms with van der Waals surface area (Å²) in [6.07, 6.45) is -3.49. The molecule has 1 atom stereocenters. The third kappa shape index (κ3) is 2.06. The molecule has 1 saturated heterocycles. The lowest BCUT2D eigenvalue weighted by atomic mass is 10.1. The molecule has 1 aromatic heterocycles. The summed E-state index contributed by atoms with van der Waals surface area (Å²) in [5.74, 6) is -0.542. The number of nitrogens with one attached hydrogen (secondary N) is 1. The number of nitrogens with zero attached hydrogens (tertiary/aromatic N) is 3. The standard InChI is InChI=1S/C12H11F3N4OS/c1-7-3-2-4-16-8(7)17-11(12(13,14)15)9(20)19-5-6-21-10(19)18-11/h2-4H,5-6H2,1H3,(H,16,17)/t11-/m1/s1. The molecule has 112 valence electrons. The minimum atomic E-state index is -4.86. The van der Waals surface area contributed by atoms with Gasteiger partial charge < -0.3 is 5.32 Å². The van der Waals surface area contributed by atoms with Gasteiger partial charge in [0.25, 0.3) is 5.91 Å². The van der Waals surface area contributed by atoms with Gasteiger partial charge in [-0.15, -0.1) is 0 Å². The molecule has 0 saturated carbocycles. The SMILES string of the molecule is Cc1cccnc1N[C@@]1(C(F)(F)F)N=C2SCCN2C1=O. The Morgan fingerprint density at radius 2 is 2.24 bits per heavy atom. The molecule has 0 aliphatic carbocycles. The maximum atomic E-state index is 13.5. The molecule has 3 rings (SSSR count). The van der Waals surface area contributed by atoms with E-state index in [0.29, 0.717) is 11.3 Å². The summed E-state index contributed by atoms with van der Waals surface area (Å²) in [4.78, 5) is 20.9. The molecule has 1 N–H and O–H groups in total. The average Bonchev–Trinajstić information content (AvgIpc) is 2.95. The van der Waals surface area contributed by atoms with E-state index in [1.165, 1.54) is 6.20 Å². The van der Waals surface area contributed by atoms with Gasteiger partial charge in [0.05, 0.1) is 0 Å². The van der Waals surface area contributed by atoms with Crippen LogP contribution >= 0.6 is 11.8 Å². The molecule has 0 unspecified atom stereocenters. The van der Waals surface area contributed by atoms with Crippen molar-refractivity contribution >= 4 is 28.7 Å². The number of amides is 1. The highest BCUT2D eigenvalue weighted by atomic mass is 32.2. The average molecular weight is 316 g/mol. The molecule has 9 heteroatoms. The van der Waals surface area contributed by atoms with E-state index in [1.807, 2.05) is 0 Å². The van der Waals surface area contributed by atoms with Crippen LogP contribution < -0.4 is 5.32 Å². The predicted molar refractivity (Wildman–Crippen MR) is 73.0 cm³/mol. The molecular formula is C12H11F3N4OS. The molecular weight excluding hydrogens is 305 g/mol. The number of halogens is 3. The van der Waals surface area contributed by atoms with Crippen molar-refractivity contribution in [2.75, 3.05) is 17.6 Å². The number of anilines is 1. The number of pyridine rings is 1. The van der Waals surface area contributed by atoms with Gasteiger partial charge in [0.15, 0.2) is 5.17 Å². The molecule has 0 bridgehead atoms. The zero-order chi connectivity index (χ0) is 15.3. The van der Waals surface area contributed by atoms with Crippen molar-refractivity contribution in [3.63, 3.8) is 0 Å². The second-order valence-corrected chi connectivity index (χ2v) is 5.76. The fourth-order valence-electron chi connectivity index (χ4n) is 2.19. The molecule has 0 radical (unpaired) electrons. The molecule has 5 nitrogen and oxygen atoms in total. The second kappa shape index (κ2) is 4.62. The third-order valence-electron chi connectivity index (χ3n) is 3.31. The highest BCUT2D eigenvalue weighted by Crippen LogP contribution is 2.42. The first kappa shape index (κ1) is 14.2. The highest BCUT2D eigenvalue weighted by molar-refractivity contribution is 8.14. The van der Waals surface area contributed by atoms with Crippen molar-refractivity contribution < 1.29 is 18.0 Å². The predicted octanol–water partition coefficient (Wildman–Crippen LogP) is 2.01. The van der Waals surface area contributed by atoms with E-state index < -0.39 is 17.7 Å². The number of carbonyl (C=O) groups is 1. The summed E-state index contributed by atoms with van der Waals surface area (Å²) in [7, 11) is 0. The molecule has 1 fully saturated rings. The number of amidine groups is 1. The van der Waals surface area contributed by atoms with E-state index >= 15 is 0 Å². The van der Waals surface area contributed by atoms with Gasteiger partial charge in [-0.05, 0) is 18.6 Å². The second-order valence-electron chi connectivity index (χ2n) is 4.70. The third-order valence-corrected chi connectivity index (χ3v) is 4.27. The fourth-order valence-corrected chi connectivity index (χ4v) is 3.18. The Morgan fingerprint density at radius 3 is 2.86 bits per heavy atom. The highest BCUT2D eigenvalue weighted by Gasteiger charge is 2.67. The van der Waals surface area contributed by atoms with Gasteiger partial charge in [-0.25, -0.2) is 9.98 Å². The summed E-state index contributed by atoms with van der Waals surface area (Å²) < 4.78 is 40.6. The maximum Gasteiger partial charge on any atom is 0.442 e. The lowest BCUT2D eigenvalue weighted by Gasteiger charge is -2.29. The number of alkyl halides is 3. The van der Waals surface area contributed by atoms with E-state index in [4.69, 9.17) is 0 Å². The summed E-state index contributed by atoms with van der Waals surface area (Å²) in [6, 6.07) is 3.22. The zero-order valence-corrected chi connectivity index (χ0v) is 11.8. The van der Waals surface area contributed by atoms with Crippen molar-refractivity contribution in [2.24, 2.45) is 4.99 Å². The van der Waals surface area contributed by atoms with Crippen molar-refractivity contribution in [3.05, 3.63) is 23.9 Å². The van der Waals surface area contributed by atoms with Crippen molar-refractivity contribution in [2.45, 2.75) is 18.8 Å². The normalized spacial score (nSPS) is 25.0. The van der Waals surface area contributed by atoms with Crippen molar-refractivity contribution in [1.29, 1.82) is 0 Å². The number of fused-ring (bicyclic) bond motifs is 1. The summed E-state index contributed by atoms with van der Waals surface area (Å²) >= 11 is 1.14. The Labute approximate surface area is 122 Å². The van der Waals surface area contributed by atoms with E-state index in [0.717, 1.165) is 16.7 Å². The molecule has 1 aromatic rings. The Hall–Kier alpha value is -1.77. The number of aliphatic imine (C=N–C) groups is 1. The van der Waals surface area contributed by atoms with Crippen molar-refractivity contribution in [3.8, 4) is 0 Å². The van der Waals surface area contributed by atoms with Gasteiger partial charge >= 0.3 is 11.8 Å². The van der Waals surface area contributed by atoms with Crippen LogP contribution in [0.2, 0.25) is 0 Å². The largest absolute Gasteiger partial charge is 0.442 e. The Morgan fingerprint density at radius 1 is 1.48 bits per heavy atom. The van der Waals surface area contributed by atoms with Crippen LogP contribution in [0.4, 0.5) is 19.0 Å². The zero-order valence-electron chi connectivity index (χ0n) is 10.9. The summed E-state index contributed by atoms with van der Waals surface area (Å²) in [6.45, 7) is 1.85. The number of aryl methyl sites for hydroxylation is 1. The first-order valence-corrected chi connectivity index (χ1v) is 7.15. The summed E-state index contributed by atoms with van der Waals surface area (Å²) in [5.41, 5.74) is -2.47. The van der Waals surface area contributed by atoms with Gasteiger partial charge in [-0.1, -0.05) is 17.8 Å². The van der Waals surface area contributed by atoms with E-state index in [1.54, 1.807) is 19.1 Å². The van der Waals surface area contributed by atoms with Crippen LogP contribution in [0.25, 0.3) is 0 Å². The number of hydrogen-bond acceptors (Lipinski definition) is 5. The smallest absolute Gasteiger partial charge is 0.330 e. The lowest BCUT2D eigenvalue weighted by Crippen LogP contribution is -2.58. The molecule has 0 spiro atoms. The van der Waals surface area contributed by atoms with Gasteiger partial charge in [-0.2, -0.15) is 13.2 Å². The van der Waals surface area contributed by atoms with Crippen LogP contribution in [0, 0.1) is 6.92 Å². The number of carbonyl (C=O) groups excluding carboxylic acids is 1. The van der Waals surface area contributed by atoms with Gasteiger partial charge in [0, 0.05) is 18.5 Å². The Balaban J connectivity index is 2.06. The lowest BCUT2D eigenvalue weighted by molar-refractivity contribution is -0.185. The number of thioether (sulfide) groups is 1. The molecule has 3 heterocycles.